The van der Waals surface area contributed by atoms with Gasteiger partial charge in [0.1, 0.15) is 0 Å². The van der Waals surface area contributed by atoms with Crippen LogP contribution in [0.2, 0.25) is 0 Å². The molecule has 2 fully saturated rings. The summed E-state index contributed by atoms with van der Waals surface area (Å²) in [4.78, 5) is 17.1. The first-order valence-electron chi connectivity index (χ1n) is 10.5. The zero-order chi connectivity index (χ0) is 22.4. The second kappa shape index (κ2) is 19.8. The molecule has 0 aromatic heterocycles. The summed E-state index contributed by atoms with van der Waals surface area (Å²) in [6.07, 6.45) is 11.1. The van der Waals surface area contributed by atoms with Crippen molar-refractivity contribution in [3.05, 3.63) is 0 Å². The van der Waals surface area contributed by atoms with Crippen molar-refractivity contribution < 1.29 is 35.5 Å². The summed E-state index contributed by atoms with van der Waals surface area (Å²) in [5, 5.41) is 27.9. The molecule has 8 heteroatoms. The minimum absolute atomic E-state index is 0. The van der Waals surface area contributed by atoms with Gasteiger partial charge in [-0.3, -0.25) is 0 Å². The van der Waals surface area contributed by atoms with Crippen molar-refractivity contribution in [2.45, 2.75) is 106 Å². The molecule has 2 aliphatic carbocycles. The third-order valence-electron chi connectivity index (χ3n) is 5.66. The third kappa shape index (κ3) is 26.2. The number of carbonyl (C=O) groups is 2. The van der Waals surface area contributed by atoms with Crippen LogP contribution in [0.15, 0.2) is 0 Å². The van der Waals surface area contributed by atoms with Crippen LogP contribution in [0.4, 0.5) is 9.59 Å². The fraction of sp³-hybridized carbons (Fsp3) is 0.909. The van der Waals surface area contributed by atoms with E-state index in [2.05, 4.69) is 41.5 Å². The second-order valence-corrected chi connectivity index (χ2v) is 9.97. The van der Waals surface area contributed by atoms with E-state index in [1.165, 1.54) is 64.2 Å². The second-order valence-electron chi connectivity index (χ2n) is 9.97. The maximum absolute atomic E-state index is 8.56. The standard InChI is InChI=1S/2C10H20.2CH2O3.K.H2O.H/c2*1-10(2,3)9-7-5-4-6-8-9;2*2-1(3)4;;;/h2*9H,4-8H2,1-3H3;2*(H2,2,3,4);;1H2;. The third-order valence-corrected chi connectivity index (χ3v) is 5.66. The molecule has 0 unspecified atom stereocenters. The Hall–Kier alpha value is 0.136. The first-order valence-corrected chi connectivity index (χ1v) is 10.5. The fourth-order valence-electron chi connectivity index (χ4n) is 3.94. The van der Waals surface area contributed by atoms with Crippen molar-refractivity contribution in [1.29, 1.82) is 0 Å². The Morgan fingerprint density at radius 2 is 0.733 bits per heavy atom. The molecular formula is C22H47KO7. The minimum atomic E-state index is -1.83. The monoisotopic (exact) mass is 462 g/mol. The Kier molecular flexibility index (Phi) is 24.7. The van der Waals surface area contributed by atoms with Gasteiger partial charge in [-0.2, -0.15) is 0 Å². The number of hydrogen-bond donors (Lipinski definition) is 4. The van der Waals surface area contributed by atoms with E-state index < -0.39 is 12.3 Å². The average molecular weight is 463 g/mol. The first-order chi connectivity index (χ1) is 12.7. The van der Waals surface area contributed by atoms with Gasteiger partial charge in [0.05, 0.1) is 0 Å². The zero-order valence-corrected chi connectivity index (χ0v) is 19.3. The van der Waals surface area contributed by atoms with E-state index in [0.29, 0.717) is 10.8 Å². The molecule has 7 nitrogen and oxygen atoms in total. The van der Waals surface area contributed by atoms with Gasteiger partial charge in [0.2, 0.25) is 0 Å². The molecular weight excluding hydrogens is 415 g/mol. The fourth-order valence-corrected chi connectivity index (χ4v) is 3.94. The molecule has 0 heterocycles. The summed E-state index contributed by atoms with van der Waals surface area (Å²) in [7, 11) is 0. The van der Waals surface area contributed by atoms with Crippen LogP contribution >= 0.6 is 0 Å². The van der Waals surface area contributed by atoms with Crippen LogP contribution in [-0.2, 0) is 0 Å². The van der Waals surface area contributed by atoms with E-state index in [1.807, 2.05) is 0 Å². The predicted molar refractivity (Wildman–Crippen MR) is 124 cm³/mol. The molecule has 2 saturated carbocycles. The SMILES string of the molecule is CC(C)(C)C1CCCCC1.CC(C)(C)C1CCCCC1.O.O=C(O)O.O=C(O)O.[KH]. The molecule has 2 aliphatic rings. The molecule has 0 atom stereocenters. The van der Waals surface area contributed by atoms with Crippen LogP contribution in [0.25, 0.3) is 0 Å². The Labute approximate surface area is 225 Å². The Morgan fingerprint density at radius 1 is 0.567 bits per heavy atom. The molecule has 0 aromatic rings. The number of carboxylic acid groups (broad SMARTS) is 4. The maximum atomic E-state index is 8.56. The summed E-state index contributed by atoms with van der Waals surface area (Å²) in [6.45, 7) is 14.3. The summed E-state index contributed by atoms with van der Waals surface area (Å²) in [6, 6.07) is 0. The van der Waals surface area contributed by atoms with Gasteiger partial charge in [0.25, 0.3) is 0 Å². The molecule has 30 heavy (non-hydrogen) atoms. The summed E-state index contributed by atoms with van der Waals surface area (Å²) in [5.41, 5.74) is 1.14. The molecule has 0 spiro atoms. The van der Waals surface area contributed by atoms with Gasteiger partial charge < -0.3 is 25.9 Å². The molecule has 0 radical (unpaired) electrons. The van der Waals surface area contributed by atoms with Crippen LogP contribution in [0, 0.1) is 22.7 Å². The molecule has 0 aliphatic heterocycles. The van der Waals surface area contributed by atoms with Crippen LogP contribution in [0.1, 0.15) is 106 Å². The van der Waals surface area contributed by atoms with Crippen LogP contribution in [0.5, 0.6) is 0 Å². The van der Waals surface area contributed by atoms with E-state index in [4.69, 9.17) is 30.0 Å². The molecule has 0 saturated heterocycles. The van der Waals surface area contributed by atoms with Gasteiger partial charge in [-0.25, -0.2) is 9.59 Å². The Morgan fingerprint density at radius 3 is 0.833 bits per heavy atom. The van der Waals surface area contributed by atoms with Gasteiger partial charge >= 0.3 is 63.7 Å². The zero-order valence-electron chi connectivity index (χ0n) is 19.3. The normalized spacial score (nSPS) is 17.0. The van der Waals surface area contributed by atoms with Crippen molar-refractivity contribution in [2.75, 3.05) is 0 Å². The predicted octanol–water partition coefficient (Wildman–Crippen LogP) is 6.20. The van der Waals surface area contributed by atoms with Gasteiger partial charge in [-0.05, 0) is 48.3 Å². The molecule has 0 bridgehead atoms. The van der Waals surface area contributed by atoms with E-state index in [-0.39, 0.29) is 56.9 Å². The molecule has 2 rings (SSSR count). The van der Waals surface area contributed by atoms with E-state index >= 15 is 0 Å². The molecule has 178 valence electrons. The van der Waals surface area contributed by atoms with Crippen molar-refractivity contribution in [3.63, 3.8) is 0 Å². The van der Waals surface area contributed by atoms with Gasteiger partial charge in [-0.1, -0.05) is 80.1 Å². The van der Waals surface area contributed by atoms with E-state index in [0.717, 1.165) is 11.8 Å². The molecule has 6 N–H and O–H groups in total. The van der Waals surface area contributed by atoms with Crippen molar-refractivity contribution in [3.8, 4) is 0 Å². The van der Waals surface area contributed by atoms with E-state index in [9.17, 15) is 0 Å². The summed E-state index contributed by atoms with van der Waals surface area (Å²) in [5.74, 6) is 2.00. The van der Waals surface area contributed by atoms with Crippen molar-refractivity contribution in [2.24, 2.45) is 22.7 Å². The van der Waals surface area contributed by atoms with Gasteiger partial charge in [0, 0.05) is 0 Å². The summed E-state index contributed by atoms with van der Waals surface area (Å²) < 4.78 is 0. The average Bonchev–Trinajstić information content (AvgIpc) is 2.54. The van der Waals surface area contributed by atoms with E-state index in [1.54, 1.807) is 0 Å². The number of hydrogen-bond acceptors (Lipinski definition) is 2. The van der Waals surface area contributed by atoms with Crippen molar-refractivity contribution in [1.82, 2.24) is 0 Å². The van der Waals surface area contributed by atoms with Crippen LogP contribution in [-0.4, -0.2) is 89.6 Å². The summed E-state index contributed by atoms with van der Waals surface area (Å²) >= 11 is 0. The van der Waals surface area contributed by atoms with Crippen molar-refractivity contribution >= 4 is 63.7 Å². The Bertz CT molecular complexity index is 368. The topological polar surface area (TPSA) is 147 Å². The molecule has 0 aromatic carbocycles. The van der Waals surface area contributed by atoms with Gasteiger partial charge in [0.15, 0.2) is 0 Å². The quantitative estimate of drug-likeness (QED) is 0.315. The number of rotatable bonds is 0. The Balaban J connectivity index is -0.000000160. The van der Waals surface area contributed by atoms with Crippen LogP contribution < -0.4 is 0 Å². The first kappa shape index (κ1) is 37.5. The molecule has 0 amide bonds. The van der Waals surface area contributed by atoms with Crippen LogP contribution in [0.3, 0.4) is 0 Å². The van der Waals surface area contributed by atoms with Gasteiger partial charge in [-0.15, -0.1) is 0 Å².